The number of rotatable bonds is 5. The molecule has 0 unspecified atom stereocenters. The molecule has 1 atom stereocenters. The number of hydrogen-bond donors (Lipinski definition) is 0. The van der Waals surface area contributed by atoms with Crippen molar-refractivity contribution in [3.8, 4) is 5.75 Å². The highest BCUT2D eigenvalue weighted by Gasteiger charge is 2.30. The van der Waals surface area contributed by atoms with Crippen LogP contribution < -0.4 is 4.74 Å². The van der Waals surface area contributed by atoms with Crippen molar-refractivity contribution >= 4 is 15.8 Å². The van der Waals surface area contributed by atoms with Gasteiger partial charge in [0, 0.05) is 0 Å². The van der Waals surface area contributed by atoms with E-state index >= 15 is 0 Å². The van der Waals surface area contributed by atoms with Gasteiger partial charge in [-0.2, -0.15) is 0 Å². The van der Waals surface area contributed by atoms with Crippen molar-refractivity contribution in [1.82, 2.24) is 4.31 Å². The second kappa shape index (κ2) is 7.25. The van der Waals surface area contributed by atoms with Crippen molar-refractivity contribution < 1.29 is 17.9 Å². The minimum absolute atomic E-state index is 0.165. The molecule has 26 heavy (non-hydrogen) atoms. The second-order valence-electron chi connectivity index (χ2n) is 5.97. The third kappa shape index (κ3) is 3.46. The predicted octanol–water partition coefficient (Wildman–Crippen LogP) is 3.58. The number of aryl methyl sites for hydroxylation is 1. The lowest BCUT2D eigenvalue weighted by Gasteiger charge is -2.31. The van der Waals surface area contributed by atoms with Gasteiger partial charge in [0.05, 0.1) is 30.3 Å². The molecule has 1 aliphatic rings. The van der Waals surface area contributed by atoms with Gasteiger partial charge in [-0.05, 0) is 37.3 Å². The summed E-state index contributed by atoms with van der Waals surface area (Å²) in [5.41, 5.74) is 1.69. The Morgan fingerprint density at radius 2 is 1.88 bits per heavy atom. The number of benzene rings is 2. The van der Waals surface area contributed by atoms with Gasteiger partial charge >= 0.3 is 0 Å². The van der Waals surface area contributed by atoms with Crippen LogP contribution in [0.2, 0.25) is 0 Å². The van der Waals surface area contributed by atoms with E-state index < -0.39 is 16.1 Å². The van der Waals surface area contributed by atoms with Crippen LogP contribution in [0.1, 0.15) is 11.1 Å². The first kappa shape index (κ1) is 18.1. The normalized spacial score (nSPS) is 17.2. The fraction of sp³-hybridized carbons (Fsp3) is 0.200. The van der Waals surface area contributed by atoms with Crippen molar-refractivity contribution in [2.24, 2.45) is 0 Å². The molecule has 2 aromatic rings. The monoisotopic (exact) mass is 371 g/mol. The highest BCUT2D eigenvalue weighted by atomic mass is 32.2. The lowest BCUT2D eigenvalue weighted by atomic mass is 10.1. The Hall–Kier alpha value is -2.73. The van der Waals surface area contributed by atoms with Gasteiger partial charge in [-0.25, -0.2) is 8.42 Å². The maximum absolute atomic E-state index is 13.1. The Balaban J connectivity index is 2.05. The molecule has 0 aromatic heterocycles. The molecule has 6 heteroatoms. The van der Waals surface area contributed by atoms with Crippen LogP contribution in [0.15, 0.2) is 72.3 Å². The van der Waals surface area contributed by atoms with Crippen molar-refractivity contribution in [3.63, 3.8) is 0 Å². The number of ether oxygens (including phenoxy) is 2. The van der Waals surface area contributed by atoms with E-state index in [1.807, 2.05) is 25.1 Å². The average molecular weight is 371 g/mol. The third-order valence-corrected chi connectivity index (χ3v) is 5.90. The van der Waals surface area contributed by atoms with Gasteiger partial charge in [-0.3, -0.25) is 4.31 Å². The van der Waals surface area contributed by atoms with Gasteiger partial charge in [-0.15, -0.1) is 0 Å². The first-order chi connectivity index (χ1) is 12.5. The highest BCUT2D eigenvalue weighted by Crippen LogP contribution is 2.32. The van der Waals surface area contributed by atoms with E-state index in [0.717, 1.165) is 5.56 Å². The summed E-state index contributed by atoms with van der Waals surface area (Å²) >= 11 is 0. The average Bonchev–Trinajstić information content (AvgIpc) is 2.67. The van der Waals surface area contributed by atoms with Gasteiger partial charge in [0.15, 0.2) is 0 Å². The number of hydrogen-bond acceptors (Lipinski definition) is 4. The quantitative estimate of drug-likeness (QED) is 0.754. The zero-order valence-corrected chi connectivity index (χ0v) is 15.6. The molecule has 1 aliphatic heterocycles. The van der Waals surface area contributed by atoms with E-state index in [0.29, 0.717) is 17.1 Å². The number of nitrogens with zero attached hydrogens (tertiary/aromatic N) is 1. The van der Waals surface area contributed by atoms with Crippen LogP contribution in [0, 0.1) is 6.92 Å². The standard InChI is InChI=1S/C20H21NO4S/c1-4-16-13-21(26(22,23)17-11-9-15(2)10-12-17)14-20(25-16)18-7-5-6-8-19(18)24-3/h4-12,14,16H,1,13H2,2-3H3/t16-/m0/s1. The zero-order chi connectivity index (χ0) is 18.7. The third-order valence-electron chi connectivity index (χ3n) is 4.16. The van der Waals surface area contributed by atoms with Crippen LogP contribution in [0.3, 0.4) is 0 Å². The fourth-order valence-corrected chi connectivity index (χ4v) is 4.04. The molecule has 0 saturated carbocycles. The Labute approximate surface area is 154 Å². The van der Waals surface area contributed by atoms with Crippen LogP contribution in [0.4, 0.5) is 0 Å². The Kier molecular flexibility index (Phi) is 5.04. The van der Waals surface area contributed by atoms with E-state index in [1.165, 1.54) is 10.5 Å². The molecule has 2 aromatic carbocycles. The van der Waals surface area contributed by atoms with E-state index in [2.05, 4.69) is 6.58 Å². The van der Waals surface area contributed by atoms with Gasteiger partial charge in [0.2, 0.25) is 0 Å². The molecule has 1 heterocycles. The lowest BCUT2D eigenvalue weighted by molar-refractivity contribution is 0.170. The number of methoxy groups -OCH3 is 1. The van der Waals surface area contributed by atoms with Crippen molar-refractivity contribution in [2.75, 3.05) is 13.7 Å². The van der Waals surface area contributed by atoms with Crippen LogP contribution in [0.5, 0.6) is 5.75 Å². The molecule has 0 saturated heterocycles. The number of para-hydroxylation sites is 1. The summed E-state index contributed by atoms with van der Waals surface area (Å²) in [5, 5.41) is 0. The summed E-state index contributed by atoms with van der Waals surface area (Å²) in [6.07, 6.45) is 2.65. The molecule has 0 fully saturated rings. The highest BCUT2D eigenvalue weighted by molar-refractivity contribution is 7.89. The van der Waals surface area contributed by atoms with Crippen molar-refractivity contribution in [2.45, 2.75) is 17.9 Å². The summed E-state index contributed by atoms with van der Waals surface area (Å²) in [7, 11) is -2.13. The number of sulfonamides is 1. The molecule has 0 amide bonds. The largest absolute Gasteiger partial charge is 0.496 e. The molecule has 5 nitrogen and oxygen atoms in total. The molecular weight excluding hydrogens is 350 g/mol. The molecule has 0 bridgehead atoms. The Morgan fingerprint density at radius 3 is 2.54 bits per heavy atom. The van der Waals surface area contributed by atoms with Crippen LogP contribution in [-0.2, 0) is 14.8 Å². The van der Waals surface area contributed by atoms with Gasteiger partial charge < -0.3 is 9.47 Å². The van der Waals surface area contributed by atoms with Gasteiger partial charge in [-0.1, -0.05) is 36.4 Å². The second-order valence-corrected chi connectivity index (χ2v) is 7.86. The van der Waals surface area contributed by atoms with E-state index in [-0.39, 0.29) is 11.4 Å². The molecule has 0 N–H and O–H groups in total. The fourth-order valence-electron chi connectivity index (χ4n) is 2.71. The lowest BCUT2D eigenvalue weighted by Crippen LogP contribution is -2.37. The maximum Gasteiger partial charge on any atom is 0.264 e. The molecule has 0 aliphatic carbocycles. The zero-order valence-electron chi connectivity index (χ0n) is 14.8. The summed E-state index contributed by atoms with van der Waals surface area (Å²) < 4.78 is 38.7. The minimum Gasteiger partial charge on any atom is -0.496 e. The first-order valence-corrected chi connectivity index (χ1v) is 9.62. The van der Waals surface area contributed by atoms with Crippen LogP contribution in [0.25, 0.3) is 5.76 Å². The molecule has 3 rings (SSSR count). The maximum atomic E-state index is 13.1. The molecule has 0 spiro atoms. The van der Waals surface area contributed by atoms with E-state index in [9.17, 15) is 8.42 Å². The Morgan fingerprint density at radius 1 is 1.19 bits per heavy atom. The van der Waals surface area contributed by atoms with E-state index in [1.54, 1.807) is 43.5 Å². The van der Waals surface area contributed by atoms with Gasteiger partial charge in [0.1, 0.15) is 17.6 Å². The van der Waals surface area contributed by atoms with Crippen LogP contribution >= 0.6 is 0 Å². The first-order valence-electron chi connectivity index (χ1n) is 8.18. The SMILES string of the molecule is C=C[C@H]1CN(S(=O)(=O)c2ccc(C)cc2)C=C(c2ccccc2OC)O1. The van der Waals surface area contributed by atoms with Gasteiger partial charge in [0.25, 0.3) is 10.0 Å². The topological polar surface area (TPSA) is 55.8 Å². The Bertz CT molecular complexity index is 933. The summed E-state index contributed by atoms with van der Waals surface area (Å²) in [5.74, 6) is 1.03. The summed E-state index contributed by atoms with van der Waals surface area (Å²) in [4.78, 5) is 0.239. The molecular formula is C20H21NO4S. The molecule has 136 valence electrons. The molecule has 0 radical (unpaired) electrons. The van der Waals surface area contributed by atoms with Crippen LogP contribution in [-0.4, -0.2) is 32.5 Å². The summed E-state index contributed by atoms with van der Waals surface area (Å²) in [6.45, 7) is 5.83. The smallest absolute Gasteiger partial charge is 0.264 e. The van der Waals surface area contributed by atoms with E-state index in [4.69, 9.17) is 9.47 Å². The summed E-state index contributed by atoms with van der Waals surface area (Å²) in [6, 6.07) is 14.1. The van der Waals surface area contributed by atoms with Crippen molar-refractivity contribution in [1.29, 1.82) is 0 Å². The van der Waals surface area contributed by atoms with Crippen molar-refractivity contribution in [3.05, 3.63) is 78.5 Å². The minimum atomic E-state index is -3.69. The predicted molar refractivity (Wildman–Crippen MR) is 101 cm³/mol.